The summed E-state index contributed by atoms with van der Waals surface area (Å²) in [5.41, 5.74) is 2.77. The summed E-state index contributed by atoms with van der Waals surface area (Å²) in [6, 6.07) is 14.9. The predicted molar refractivity (Wildman–Crippen MR) is 131 cm³/mol. The van der Waals surface area contributed by atoms with Crippen LogP contribution in [0, 0.1) is 12.7 Å². The van der Waals surface area contributed by atoms with Crippen molar-refractivity contribution in [2.75, 3.05) is 0 Å². The molecule has 2 aromatic carbocycles. The number of ether oxygens (including phenoxy) is 2. The molecule has 6 nitrogen and oxygen atoms in total. The van der Waals surface area contributed by atoms with E-state index in [0.717, 1.165) is 61.3 Å². The first kappa shape index (κ1) is 23.4. The lowest BCUT2D eigenvalue weighted by Crippen LogP contribution is -2.40. The molecule has 2 aliphatic rings. The number of carbonyl (C=O) groups excluding carboxylic acids is 1. The van der Waals surface area contributed by atoms with E-state index in [0.29, 0.717) is 18.5 Å². The van der Waals surface area contributed by atoms with Crippen LogP contribution in [-0.2, 0) is 17.8 Å². The van der Waals surface area contributed by atoms with Crippen LogP contribution >= 0.6 is 0 Å². The molecule has 0 radical (unpaired) electrons. The topological polar surface area (TPSA) is 65.4 Å². The summed E-state index contributed by atoms with van der Waals surface area (Å²) >= 11 is 0. The fourth-order valence-corrected chi connectivity index (χ4v) is 5.05. The molecule has 1 aliphatic carbocycles. The fourth-order valence-electron chi connectivity index (χ4n) is 5.05. The maximum atomic E-state index is 14.2. The second kappa shape index (κ2) is 10.5. The minimum absolute atomic E-state index is 0.0765. The fraction of sp³-hybridized carbons (Fsp3) is 0.429. The molecule has 0 spiro atoms. The van der Waals surface area contributed by atoms with E-state index >= 15 is 0 Å². The van der Waals surface area contributed by atoms with Gasteiger partial charge >= 0.3 is 0 Å². The minimum atomic E-state index is -0.260. The van der Waals surface area contributed by atoms with E-state index in [1.54, 1.807) is 18.3 Å². The molecule has 1 amide bonds. The van der Waals surface area contributed by atoms with Gasteiger partial charge in [0.15, 0.2) is 0 Å². The second-order valence-electron chi connectivity index (χ2n) is 9.54. The highest BCUT2D eigenvalue weighted by Crippen LogP contribution is 2.38. The Morgan fingerprint density at radius 1 is 1.14 bits per heavy atom. The van der Waals surface area contributed by atoms with Crippen LogP contribution in [0.5, 0.6) is 11.5 Å². The maximum absolute atomic E-state index is 14.2. The van der Waals surface area contributed by atoms with Crippen molar-refractivity contribution in [1.29, 1.82) is 0 Å². The van der Waals surface area contributed by atoms with E-state index in [9.17, 15) is 9.18 Å². The molecule has 0 bridgehead atoms. The lowest BCUT2D eigenvalue weighted by atomic mass is 9.92. The van der Waals surface area contributed by atoms with Gasteiger partial charge in [-0.25, -0.2) is 4.39 Å². The van der Waals surface area contributed by atoms with Gasteiger partial charge in [-0.3, -0.25) is 9.48 Å². The summed E-state index contributed by atoms with van der Waals surface area (Å²) in [5, 5.41) is 7.40. The molecule has 3 aromatic rings. The van der Waals surface area contributed by atoms with E-state index in [1.807, 2.05) is 35.9 Å². The molecule has 1 saturated carbocycles. The highest BCUT2D eigenvalue weighted by Gasteiger charge is 2.26. The van der Waals surface area contributed by atoms with Crippen LogP contribution in [0.3, 0.4) is 0 Å². The number of carbonyl (C=O) groups is 1. The van der Waals surface area contributed by atoms with Gasteiger partial charge in [-0.15, -0.1) is 0 Å². The Morgan fingerprint density at radius 3 is 2.74 bits per heavy atom. The lowest BCUT2D eigenvalue weighted by Gasteiger charge is -2.30. The monoisotopic (exact) mass is 477 g/mol. The first-order valence-electron chi connectivity index (χ1n) is 12.5. The third kappa shape index (κ3) is 5.66. The van der Waals surface area contributed by atoms with Crippen LogP contribution in [0.15, 0.2) is 54.7 Å². The zero-order chi connectivity index (χ0) is 24.2. The number of hydrogen-bond donors (Lipinski definition) is 1. The molecule has 1 atom stereocenters. The molecule has 184 valence electrons. The largest absolute Gasteiger partial charge is 0.490 e. The molecule has 1 aromatic heterocycles. The number of benzene rings is 2. The van der Waals surface area contributed by atoms with Crippen LogP contribution in [0.25, 0.3) is 0 Å². The van der Waals surface area contributed by atoms with Crippen LogP contribution in [-0.4, -0.2) is 27.8 Å². The average molecular weight is 478 g/mol. The molecule has 1 unspecified atom stereocenters. The Hall–Kier alpha value is -3.35. The predicted octanol–water partition coefficient (Wildman–Crippen LogP) is 5.29. The minimum Gasteiger partial charge on any atom is -0.490 e. The van der Waals surface area contributed by atoms with Gasteiger partial charge in [0.05, 0.1) is 6.10 Å². The first-order chi connectivity index (χ1) is 17.0. The van der Waals surface area contributed by atoms with Crippen molar-refractivity contribution in [2.45, 2.75) is 76.7 Å². The van der Waals surface area contributed by atoms with Gasteiger partial charge < -0.3 is 14.8 Å². The number of halogens is 1. The van der Waals surface area contributed by atoms with Crippen molar-refractivity contribution in [3.8, 4) is 11.5 Å². The van der Waals surface area contributed by atoms with Crippen molar-refractivity contribution in [2.24, 2.45) is 0 Å². The van der Waals surface area contributed by atoms with Crippen molar-refractivity contribution >= 4 is 5.91 Å². The second-order valence-corrected chi connectivity index (χ2v) is 9.54. The highest BCUT2D eigenvalue weighted by molar-refractivity contribution is 5.76. The number of hydrogen-bond acceptors (Lipinski definition) is 4. The number of nitrogens with zero attached hydrogens (tertiary/aromatic N) is 2. The Labute approximate surface area is 205 Å². The summed E-state index contributed by atoms with van der Waals surface area (Å²) < 4.78 is 28.4. The van der Waals surface area contributed by atoms with Crippen LogP contribution in [0.4, 0.5) is 4.39 Å². The summed E-state index contributed by atoms with van der Waals surface area (Å²) in [7, 11) is 0. The van der Waals surface area contributed by atoms with Crippen molar-refractivity contribution < 1.29 is 18.7 Å². The number of fused-ring (bicyclic) bond motifs is 1. The standard InChI is InChI=1S/C28H32FN3O3/c1-19-14-16-30-32(19)17-15-28(33)31-21-7-9-22(10-8-21)34-23-11-13-26-20(18-23)6-12-27(35-26)24-4-2-3-5-25(24)29/h2-5,11,13-14,16,18,21-22,27H,6-10,12,15,17H2,1H3,(H,31,33). The molecule has 5 rings (SSSR count). The third-order valence-electron chi connectivity index (χ3n) is 7.05. The summed E-state index contributed by atoms with van der Waals surface area (Å²) in [6.45, 7) is 2.59. The zero-order valence-corrected chi connectivity index (χ0v) is 20.1. The molecule has 2 heterocycles. The third-order valence-corrected chi connectivity index (χ3v) is 7.05. The van der Waals surface area contributed by atoms with Gasteiger partial charge in [-0.2, -0.15) is 5.10 Å². The summed E-state index contributed by atoms with van der Waals surface area (Å²) in [6.07, 6.45) is 7.28. The van der Waals surface area contributed by atoms with Gasteiger partial charge in [0, 0.05) is 36.5 Å². The van der Waals surface area contributed by atoms with Gasteiger partial charge in [0.2, 0.25) is 5.91 Å². The maximum Gasteiger partial charge on any atom is 0.222 e. The van der Waals surface area contributed by atoms with E-state index in [2.05, 4.69) is 16.5 Å². The number of aromatic nitrogens is 2. The Morgan fingerprint density at radius 2 is 1.97 bits per heavy atom. The van der Waals surface area contributed by atoms with Crippen molar-refractivity contribution in [3.63, 3.8) is 0 Å². The van der Waals surface area contributed by atoms with Crippen molar-refractivity contribution in [1.82, 2.24) is 15.1 Å². The van der Waals surface area contributed by atoms with Gasteiger partial charge in [0.25, 0.3) is 0 Å². The molecule has 0 saturated heterocycles. The van der Waals surface area contributed by atoms with Crippen LogP contribution in [0.1, 0.15) is 61.4 Å². The molecule has 1 N–H and O–H groups in total. The Balaban J connectivity index is 1.08. The lowest BCUT2D eigenvalue weighted by molar-refractivity contribution is -0.122. The molecular weight excluding hydrogens is 445 g/mol. The van der Waals surface area contributed by atoms with E-state index < -0.39 is 0 Å². The average Bonchev–Trinajstić information content (AvgIpc) is 3.28. The van der Waals surface area contributed by atoms with Crippen molar-refractivity contribution in [3.05, 3.63) is 77.4 Å². The molecule has 1 aliphatic heterocycles. The summed E-state index contributed by atoms with van der Waals surface area (Å²) in [5.74, 6) is 1.50. The quantitative estimate of drug-likeness (QED) is 0.502. The number of nitrogens with one attached hydrogen (secondary N) is 1. The van der Waals surface area contributed by atoms with Gasteiger partial charge in [-0.1, -0.05) is 18.2 Å². The highest BCUT2D eigenvalue weighted by atomic mass is 19.1. The normalized spacial score (nSPS) is 21.6. The van der Waals surface area contributed by atoms with E-state index in [1.165, 1.54) is 6.07 Å². The van der Waals surface area contributed by atoms with Crippen LogP contribution in [0.2, 0.25) is 0 Å². The summed E-state index contributed by atoms with van der Waals surface area (Å²) in [4.78, 5) is 12.3. The molecule has 35 heavy (non-hydrogen) atoms. The molecule has 7 heteroatoms. The zero-order valence-electron chi connectivity index (χ0n) is 20.1. The van der Waals surface area contributed by atoms with Crippen LogP contribution < -0.4 is 14.8 Å². The smallest absolute Gasteiger partial charge is 0.222 e. The SMILES string of the molecule is Cc1ccnn1CCC(=O)NC1CCC(Oc2ccc3c(c2)CCC(c2ccccc2F)O3)CC1. The molecule has 1 fully saturated rings. The van der Waals surface area contributed by atoms with E-state index in [4.69, 9.17) is 9.47 Å². The molecular formula is C28H32FN3O3. The Bertz CT molecular complexity index is 1170. The van der Waals surface area contributed by atoms with Gasteiger partial charge in [0.1, 0.15) is 23.4 Å². The number of amides is 1. The number of rotatable bonds is 7. The first-order valence-corrected chi connectivity index (χ1v) is 12.5. The number of aryl methyl sites for hydroxylation is 3. The van der Waals surface area contributed by atoms with E-state index in [-0.39, 0.29) is 30.0 Å². The van der Waals surface area contributed by atoms with Gasteiger partial charge in [-0.05, 0) is 81.3 Å². The Kier molecular flexibility index (Phi) is 7.02.